The molecule has 9 aromatic carbocycles. The molecule has 0 fully saturated rings. The molecule has 0 aliphatic heterocycles. The Morgan fingerprint density at radius 2 is 0.585 bits per heavy atom. The van der Waals surface area contributed by atoms with Gasteiger partial charge in [0.05, 0.1) is 5.69 Å². The summed E-state index contributed by atoms with van der Waals surface area (Å²) in [6.45, 7) is 0. The van der Waals surface area contributed by atoms with Gasteiger partial charge >= 0.3 is 0 Å². The van der Waals surface area contributed by atoms with Gasteiger partial charge in [-0.05, 0) is 97.2 Å². The second kappa shape index (κ2) is 14.3. The fraction of sp³-hybridized carbons (Fsp3) is 0. The maximum atomic E-state index is 2.44. The summed E-state index contributed by atoms with van der Waals surface area (Å²) < 4.78 is 0. The molecule has 53 heavy (non-hydrogen) atoms. The first-order chi connectivity index (χ1) is 26.3. The number of nitrogens with zero attached hydrogens (tertiary/aromatic N) is 1. The van der Waals surface area contributed by atoms with Crippen LogP contribution < -0.4 is 4.90 Å². The number of rotatable bonds is 8. The van der Waals surface area contributed by atoms with Crippen LogP contribution in [0.5, 0.6) is 0 Å². The van der Waals surface area contributed by atoms with Gasteiger partial charge in [0.25, 0.3) is 0 Å². The van der Waals surface area contributed by atoms with Gasteiger partial charge in [-0.1, -0.05) is 188 Å². The number of hydrogen-bond acceptors (Lipinski definition) is 1. The maximum Gasteiger partial charge on any atom is 0.0552 e. The molecule has 0 unspecified atom stereocenters. The van der Waals surface area contributed by atoms with Crippen LogP contribution in [0.25, 0.3) is 66.4 Å². The normalized spacial score (nSPS) is 11.0. The zero-order valence-corrected chi connectivity index (χ0v) is 29.3. The molecule has 0 aliphatic carbocycles. The molecule has 0 saturated heterocycles. The summed E-state index contributed by atoms with van der Waals surface area (Å²) in [5, 5.41) is 2.41. The van der Waals surface area contributed by atoms with E-state index >= 15 is 0 Å². The van der Waals surface area contributed by atoms with E-state index in [-0.39, 0.29) is 0 Å². The molecule has 250 valence electrons. The molecule has 0 radical (unpaired) electrons. The topological polar surface area (TPSA) is 3.24 Å². The Morgan fingerprint density at radius 1 is 0.245 bits per heavy atom. The summed E-state index contributed by atoms with van der Waals surface area (Å²) in [6, 6.07) is 80.9. The Morgan fingerprint density at radius 3 is 1.02 bits per heavy atom. The molecule has 0 saturated carbocycles. The second-order valence-electron chi connectivity index (χ2n) is 13.3. The first kappa shape index (κ1) is 32.0. The van der Waals surface area contributed by atoms with Crippen molar-refractivity contribution in [1.29, 1.82) is 0 Å². The smallest absolute Gasteiger partial charge is 0.0552 e. The van der Waals surface area contributed by atoms with Crippen molar-refractivity contribution in [3.63, 3.8) is 0 Å². The molecule has 0 aromatic heterocycles. The van der Waals surface area contributed by atoms with E-state index in [0.717, 1.165) is 17.1 Å². The first-order valence-electron chi connectivity index (χ1n) is 18.2. The van der Waals surface area contributed by atoms with E-state index < -0.39 is 0 Å². The summed E-state index contributed by atoms with van der Waals surface area (Å²) in [6.07, 6.45) is 0. The second-order valence-corrected chi connectivity index (χ2v) is 13.3. The number of anilines is 3. The van der Waals surface area contributed by atoms with Gasteiger partial charge in [0.15, 0.2) is 0 Å². The van der Waals surface area contributed by atoms with Gasteiger partial charge in [-0.25, -0.2) is 0 Å². The Balaban J connectivity index is 1.34. The highest BCUT2D eigenvalue weighted by atomic mass is 15.1. The lowest BCUT2D eigenvalue weighted by atomic mass is 9.86. The molecule has 0 spiro atoms. The summed E-state index contributed by atoms with van der Waals surface area (Å²) in [7, 11) is 0. The lowest BCUT2D eigenvalue weighted by Crippen LogP contribution is -2.12. The summed E-state index contributed by atoms with van der Waals surface area (Å²) >= 11 is 0. The Labute approximate surface area is 311 Å². The third-order valence-electron chi connectivity index (χ3n) is 10.1. The van der Waals surface area contributed by atoms with E-state index in [1.807, 2.05) is 0 Å². The standard InChI is InChI=1S/C52H37N/c1-6-16-38(17-7-1)41-26-31-47(32-27-41)53(48-33-28-42(29-34-48)39-18-8-2-9-19-39)50-37-46-36-45(40-20-10-3-11-21-40)30-35-49(46)51(43-22-12-4-13-23-43)52(50)44-24-14-5-15-25-44/h1-37H. The third kappa shape index (κ3) is 6.42. The average Bonchev–Trinajstić information content (AvgIpc) is 3.25. The van der Waals surface area contributed by atoms with Crippen molar-refractivity contribution in [3.05, 3.63) is 224 Å². The fourth-order valence-corrected chi connectivity index (χ4v) is 7.47. The third-order valence-corrected chi connectivity index (χ3v) is 10.1. The van der Waals surface area contributed by atoms with Gasteiger partial charge < -0.3 is 4.90 Å². The summed E-state index contributed by atoms with van der Waals surface area (Å²) in [5.74, 6) is 0. The molecule has 0 amide bonds. The van der Waals surface area contributed by atoms with Crippen molar-refractivity contribution in [2.45, 2.75) is 0 Å². The number of benzene rings is 9. The van der Waals surface area contributed by atoms with Crippen LogP contribution >= 0.6 is 0 Å². The van der Waals surface area contributed by atoms with Crippen LogP contribution in [0.4, 0.5) is 17.1 Å². The zero-order valence-electron chi connectivity index (χ0n) is 29.3. The van der Waals surface area contributed by atoms with E-state index in [1.54, 1.807) is 0 Å². The van der Waals surface area contributed by atoms with Crippen molar-refractivity contribution in [2.75, 3.05) is 4.90 Å². The molecule has 9 aromatic rings. The van der Waals surface area contributed by atoms with Crippen molar-refractivity contribution in [2.24, 2.45) is 0 Å². The van der Waals surface area contributed by atoms with Crippen LogP contribution in [0, 0.1) is 0 Å². The van der Waals surface area contributed by atoms with Gasteiger partial charge in [-0.2, -0.15) is 0 Å². The van der Waals surface area contributed by atoms with Crippen molar-refractivity contribution >= 4 is 27.8 Å². The van der Waals surface area contributed by atoms with E-state index in [9.17, 15) is 0 Å². The van der Waals surface area contributed by atoms with Crippen LogP contribution in [0.2, 0.25) is 0 Å². The van der Waals surface area contributed by atoms with Gasteiger partial charge in [-0.3, -0.25) is 0 Å². The highest BCUT2D eigenvalue weighted by molar-refractivity contribution is 6.11. The Bertz CT molecular complexity index is 2510. The van der Waals surface area contributed by atoms with Crippen LogP contribution in [0.1, 0.15) is 0 Å². The SMILES string of the molecule is c1ccc(-c2ccc(N(c3ccc(-c4ccccc4)cc3)c3cc4cc(-c5ccccc5)ccc4c(-c4ccccc4)c3-c3ccccc3)cc2)cc1. The van der Waals surface area contributed by atoms with Gasteiger partial charge in [0.1, 0.15) is 0 Å². The molecule has 1 heteroatoms. The number of hydrogen-bond donors (Lipinski definition) is 0. The van der Waals surface area contributed by atoms with Gasteiger partial charge in [-0.15, -0.1) is 0 Å². The highest BCUT2D eigenvalue weighted by Crippen LogP contribution is 2.49. The molecular weight excluding hydrogens is 639 g/mol. The zero-order chi connectivity index (χ0) is 35.4. The van der Waals surface area contributed by atoms with E-state index in [2.05, 4.69) is 229 Å². The van der Waals surface area contributed by atoms with Crippen LogP contribution in [0.3, 0.4) is 0 Å². The quantitative estimate of drug-likeness (QED) is 0.155. The van der Waals surface area contributed by atoms with Crippen molar-refractivity contribution in [1.82, 2.24) is 0 Å². The molecule has 0 atom stereocenters. The Hall–Kier alpha value is -6.96. The van der Waals surface area contributed by atoms with E-state index in [4.69, 9.17) is 0 Å². The highest BCUT2D eigenvalue weighted by Gasteiger charge is 2.24. The lowest BCUT2D eigenvalue weighted by molar-refractivity contribution is 1.29. The van der Waals surface area contributed by atoms with Crippen molar-refractivity contribution < 1.29 is 0 Å². The minimum absolute atomic E-state index is 1.09. The van der Waals surface area contributed by atoms with Crippen LogP contribution in [0.15, 0.2) is 224 Å². The average molecular weight is 676 g/mol. The molecule has 0 heterocycles. The lowest BCUT2D eigenvalue weighted by Gasteiger charge is -2.30. The van der Waals surface area contributed by atoms with Crippen LogP contribution in [-0.4, -0.2) is 0 Å². The van der Waals surface area contributed by atoms with Crippen molar-refractivity contribution in [3.8, 4) is 55.6 Å². The summed E-state index contributed by atoms with van der Waals surface area (Å²) in [4.78, 5) is 2.44. The summed E-state index contributed by atoms with van der Waals surface area (Å²) in [5.41, 5.74) is 15.2. The predicted molar refractivity (Wildman–Crippen MR) is 226 cm³/mol. The van der Waals surface area contributed by atoms with Crippen LogP contribution in [-0.2, 0) is 0 Å². The van der Waals surface area contributed by atoms with Gasteiger partial charge in [0.2, 0.25) is 0 Å². The fourth-order valence-electron chi connectivity index (χ4n) is 7.47. The molecule has 9 rings (SSSR count). The predicted octanol–water partition coefficient (Wildman–Crippen LogP) is 14.6. The molecule has 1 nitrogen and oxygen atoms in total. The largest absolute Gasteiger partial charge is 0.310 e. The Kier molecular flexibility index (Phi) is 8.66. The first-order valence-corrected chi connectivity index (χ1v) is 18.2. The number of fused-ring (bicyclic) bond motifs is 1. The molecule has 0 bridgehead atoms. The minimum atomic E-state index is 1.09. The van der Waals surface area contributed by atoms with E-state index in [0.29, 0.717) is 0 Å². The molecular formula is C52H37N. The molecule has 0 aliphatic rings. The maximum absolute atomic E-state index is 2.44. The van der Waals surface area contributed by atoms with Gasteiger partial charge in [0, 0.05) is 16.9 Å². The monoisotopic (exact) mass is 675 g/mol. The molecule has 0 N–H and O–H groups in total. The van der Waals surface area contributed by atoms with E-state index in [1.165, 1.54) is 66.4 Å². The minimum Gasteiger partial charge on any atom is -0.310 e.